The van der Waals surface area contributed by atoms with Crippen molar-refractivity contribution in [2.24, 2.45) is 5.10 Å². The maximum Gasteiger partial charge on any atom is 0.271 e. The molecule has 7 heteroatoms. The molecule has 0 saturated carbocycles. The molecule has 0 aliphatic carbocycles. The zero-order valence-corrected chi connectivity index (χ0v) is 13.6. The third-order valence-electron chi connectivity index (χ3n) is 3.61. The zero-order valence-electron chi connectivity index (χ0n) is 13.6. The van der Waals surface area contributed by atoms with Crippen molar-refractivity contribution in [3.05, 3.63) is 106 Å². The molecule has 1 amide bonds. The molecule has 1 aromatic heterocycles. The fourth-order valence-corrected chi connectivity index (χ4v) is 2.31. The van der Waals surface area contributed by atoms with Gasteiger partial charge in [-0.15, -0.1) is 0 Å². The molecule has 7 nitrogen and oxygen atoms in total. The first-order valence-corrected chi connectivity index (χ1v) is 7.73. The number of amides is 1. The number of aromatic nitrogens is 1. The Bertz CT molecular complexity index is 898. The van der Waals surface area contributed by atoms with Crippen molar-refractivity contribution >= 4 is 17.3 Å². The Hall–Kier alpha value is -3.87. The van der Waals surface area contributed by atoms with Crippen molar-refractivity contribution < 1.29 is 9.72 Å². The molecule has 3 aromatic rings. The van der Waals surface area contributed by atoms with Gasteiger partial charge in [-0.2, -0.15) is 5.10 Å². The molecule has 1 heterocycles. The maximum absolute atomic E-state index is 12.3. The number of hydrazone groups is 1. The number of pyridine rings is 1. The second kappa shape index (κ2) is 7.80. The van der Waals surface area contributed by atoms with Crippen LogP contribution in [-0.4, -0.2) is 21.5 Å². The summed E-state index contributed by atoms with van der Waals surface area (Å²) in [5.41, 5.74) is 4.93. The fourth-order valence-electron chi connectivity index (χ4n) is 2.31. The lowest BCUT2D eigenvalue weighted by atomic mass is 10.0. The average Bonchev–Trinajstić information content (AvgIpc) is 2.69. The Labute approximate surface area is 149 Å². The first-order chi connectivity index (χ1) is 12.6. The third-order valence-corrected chi connectivity index (χ3v) is 3.61. The highest BCUT2D eigenvalue weighted by molar-refractivity contribution is 6.13. The van der Waals surface area contributed by atoms with Gasteiger partial charge in [-0.3, -0.25) is 19.9 Å². The minimum absolute atomic E-state index is 0.0770. The minimum atomic E-state index is -0.517. The van der Waals surface area contributed by atoms with Gasteiger partial charge >= 0.3 is 0 Å². The van der Waals surface area contributed by atoms with Crippen LogP contribution < -0.4 is 5.43 Å². The zero-order chi connectivity index (χ0) is 18.4. The molecule has 0 bridgehead atoms. The minimum Gasteiger partial charge on any atom is -0.267 e. The Kier molecular flexibility index (Phi) is 5.09. The predicted molar refractivity (Wildman–Crippen MR) is 96.9 cm³/mol. The van der Waals surface area contributed by atoms with Crippen LogP contribution in [0.1, 0.15) is 21.5 Å². The van der Waals surface area contributed by atoms with Crippen LogP contribution in [0.2, 0.25) is 0 Å². The number of carbonyl (C=O) groups excluding carboxylic acids is 1. The number of nitro groups is 1. The summed E-state index contributed by atoms with van der Waals surface area (Å²) in [6.45, 7) is 0. The molecule has 0 radical (unpaired) electrons. The van der Waals surface area contributed by atoms with Crippen molar-refractivity contribution in [3.63, 3.8) is 0 Å². The molecule has 0 aliphatic heterocycles. The molecule has 2 aromatic carbocycles. The number of hydrogen-bond donors (Lipinski definition) is 1. The molecule has 1 N–H and O–H groups in total. The van der Waals surface area contributed by atoms with E-state index >= 15 is 0 Å². The highest BCUT2D eigenvalue weighted by Gasteiger charge is 2.11. The summed E-state index contributed by atoms with van der Waals surface area (Å²) in [4.78, 5) is 26.5. The maximum atomic E-state index is 12.3. The predicted octanol–water partition coefficient (Wildman–Crippen LogP) is 3.17. The largest absolute Gasteiger partial charge is 0.271 e. The Morgan fingerprint density at radius 3 is 2.12 bits per heavy atom. The standard InChI is InChI=1S/C19H14N4O3/c24-19(16-6-8-17(9-7-16)23(25)26)22-21-18(14-4-2-1-3-5-14)15-10-12-20-13-11-15/h1-13H,(H,22,24). The lowest BCUT2D eigenvalue weighted by Gasteiger charge is -2.08. The fraction of sp³-hybridized carbons (Fsp3) is 0. The van der Waals surface area contributed by atoms with E-state index in [4.69, 9.17) is 0 Å². The Morgan fingerprint density at radius 2 is 1.50 bits per heavy atom. The van der Waals surface area contributed by atoms with Crippen molar-refractivity contribution in [2.75, 3.05) is 0 Å². The van der Waals surface area contributed by atoms with Gasteiger partial charge in [0.2, 0.25) is 0 Å². The van der Waals surface area contributed by atoms with Crippen LogP contribution in [0.4, 0.5) is 5.69 Å². The highest BCUT2D eigenvalue weighted by atomic mass is 16.6. The van der Waals surface area contributed by atoms with E-state index in [9.17, 15) is 14.9 Å². The number of nitrogens with one attached hydrogen (secondary N) is 1. The van der Waals surface area contributed by atoms with Gasteiger partial charge in [0.15, 0.2) is 0 Å². The van der Waals surface area contributed by atoms with Gasteiger partial charge in [-0.1, -0.05) is 30.3 Å². The van der Waals surface area contributed by atoms with E-state index in [1.54, 1.807) is 24.5 Å². The second-order valence-electron chi connectivity index (χ2n) is 5.31. The number of rotatable bonds is 5. The smallest absolute Gasteiger partial charge is 0.267 e. The van der Waals surface area contributed by atoms with E-state index < -0.39 is 10.8 Å². The summed E-state index contributed by atoms with van der Waals surface area (Å²) in [7, 11) is 0. The van der Waals surface area contributed by atoms with Gasteiger partial charge in [-0.25, -0.2) is 5.43 Å². The molecule has 0 saturated heterocycles. The topological polar surface area (TPSA) is 97.5 Å². The van der Waals surface area contributed by atoms with Crippen LogP contribution in [-0.2, 0) is 0 Å². The molecular formula is C19H14N4O3. The number of nitro benzene ring substituents is 1. The number of hydrogen-bond acceptors (Lipinski definition) is 5. The quantitative estimate of drug-likeness (QED) is 0.436. The van der Waals surface area contributed by atoms with Crippen molar-refractivity contribution in [3.8, 4) is 0 Å². The summed E-state index contributed by atoms with van der Waals surface area (Å²) in [6, 6.07) is 18.3. The van der Waals surface area contributed by atoms with Gasteiger partial charge in [0, 0.05) is 41.2 Å². The highest BCUT2D eigenvalue weighted by Crippen LogP contribution is 2.13. The molecule has 0 fully saturated rings. The summed E-state index contributed by atoms with van der Waals surface area (Å²) in [5, 5.41) is 14.9. The summed E-state index contributed by atoms with van der Waals surface area (Å²) in [5.74, 6) is -0.456. The number of benzene rings is 2. The molecule has 128 valence electrons. The van der Waals surface area contributed by atoms with E-state index in [1.165, 1.54) is 24.3 Å². The lowest BCUT2D eigenvalue weighted by molar-refractivity contribution is -0.384. The van der Waals surface area contributed by atoms with Gasteiger partial charge < -0.3 is 0 Å². The van der Waals surface area contributed by atoms with Crippen molar-refractivity contribution in [2.45, 2.75) is 0 Å². The van der Waals surface area contributed by atoms with Crippen LogP contribution in [0.15, 0.2) is 84.2 Å². The molecular weight excluding hydrogens is 332 g/mol. The SMILES string of the molecule is O=C(NN=C(c1ccccc1)c1ccncc1)c1ccc([N+](=O)[O-])cc1. The van der Waals surface area contributed by atoms with Gasteiger partial charge in [0.25, 0.3) is 11.6 Å². The second-order valence-corrected chi connectivity index (χ2v) is 5.31. The molecule has 0 atom stereocenters. The molecule has 0 aliphatic rings. The average molecular weight is 346 g/mol. The number of non-ortho nitro benzene ring substituents is 1. The van der Waals surface area contributed by atoms with E-state index in [0.29, 0.717) is 5.71 Å². The third kappa shape index (κ3) is 3.96. The van der Waals surface area contributed by atoms with Crippen LogP contribution in [0.25, 0.3) is 0 Å². The van der Waals surface area contributed by atoms with Gasteiger partial charge in [0.1, 0.15) is 0 Å². The van der Waals surface area contributed by atoms with E-state index in [1.807, 2.05) is 30.3 Å². The molecule has 3 rings (SSSR count). The molecule has 0 spiro atoms. The van der Waals surface area contributed by atoms with E-state index in [2.05, 4.69) is 15.5 Å². The van der Waals surface area contributed by atoms with Crippen LogP contribution in [0, 0.1) is 10.1 Å². The lowest BCUT2D eigenvalue weighted by Crippen LogP contribution is -2.20. The number of carbonyl (C=O) groups is 1. The Balaban J connectivity index is 1.86. The monoisotopic (exact) mass is 346 g/mol. The van der Waals surface area contributed by atoms with Gasteiger partial charge in [0.05, 0.1) is 10.6 Å². The first kappa shape index (κ1) is 17.0. The first-order valence-electron chi connectivity index (χ1n) is 7.73. The van der Waals surface area contributed by atoms with Crippen molar-refractivity contribution in [1.82, 2.24) is 10.4 Å². The van der Waals surface area contributed by atoms with Crippen LogP contribution >= 0.6 is 0 Å². The summed E-state index contributed by atoms with van der Waals surface area (Å²) < 4.78 is 0. The number of nitrogens with zero attached hydrogens (tertiary/aromatic N) is 3. The van der Waals surface area contributed by atoms with Crippen LogP contribution in [0.5, 0.6) is 0 Å². The van der Waals surface area contributed by atoms with Crippen LogP contribution in [0.3, 0.4) is 0 Å². The van der Waals surface area contributed by atoms with E-state index in [-0.39, 0.29) is 11.3 Å². The van der Waals surface area contributed by atoms with Gasteiger partial charge in [-0.05, 0) is 24.3 Å². The molecule has 26 heavy (non-hydrogen) atoms. The van der Waals surface area contributed by atoms with Crippen molar-refractivity contribution in [1.29, 1.82) is 0 Å². The normalized spacial score (nSPS) is 11.0. The summed E-state index contributed by atoms with van der Waals surface area (Å²) in [6.07, 6.45) is 3.29. The Morgan fingerprint density at radius 1 is 0.885 bits per heavy atom. The molecule has 0 unspecified atom stereocenters. The summed E-state index contributed by atoms with van der Waals surface area (Å²) >= 11 is 0. The van der Waals surface area contributed by atoms with E-state index in [0.717, 1.165) is 11.1 Å².